The quantitative estimate of drug-likeness (QED) is 0.751. The molecule has 3 heteroatoms. The zero-order valence-corrected chi connectivity index (χ0v) is 8.08. The summed E-state index contributed by atoms with van der Waals surface area (Å²) in [6, 6.07) is 3.93. The number of hydrogen-bond donors (Lipinski definition) is 1. The van der Waals surface area contributed by atoms with Crippen LogP contribution in [0.25, 0.3) is 11.0 Å². The van der Waals surface area contributed by atoms with E-state index in [1.54, 1.807) is 6.20 Å². The molecular weight excluding hydrogens is 176 g/mol. The monoisotopic (exact) mass is 188 g/mol. The van der Waals surface area contributed by atoms with Crippen molar-refractivity contribution in [3.63, 3.8) is 0 Å². The molecule has 14 heavy (non-hydrogen) atoms. The minimum Gasteiger partial charge on any atom is -0.345 e. The Morgan fingerprint density at radius 3 is 3.07 bits per heavy atom. The maximum Gasteiger partial charge on any atom is 0.152 e. The molecule has 0 radical (unpaired) electrons. The number of nitrogens with zero attached hydrogens (tertiary/aromatic N) is 1. The van der Waals surface area contributed by atoms with Crippen molar-refractivity contribution in [1.29, 1.82) is 0 Å². The Morgan fingerprint density at radius 2 is 2.36 bits per heavy atom. The molecule has 0 aliphatic rings. The fourth-order valence-corrected chi connectivity index (χ4v) is 1.56. The van der Waals surface area contributed by atoms with Crippen LogP contribution in [0.1, 0.15) is 29.4 Å². The second kappa shape index (κ2) is 3.62. The number of aromatic nitrogens is 2. The van der Waals surface area contributed by atoms with Gasteiger partial charge >= 0.3 is 0 Å². The fraction of sp³-hybridized carbons (Fsp3) is 0.273. The normalized spacial score (nSPS) is 10.6. The first-order chi connectivity index (χ1) is 6.85. The highest BCUT2D eigenvalue weighted by molar-refractivity contribution is 5.95. The summed E-state index contributed by atoms with van der Waals surface area (Å²) < 4.78 is 0. The van der Waals surface area contributed by atoms with Crippen LogP contribution in [0.15, 0.2) is 18.3 Å². The number of hydrogen-bond acceptors (Lipinski definition) is 2. The van der Waals surface area contributed by atoms with Gasteiger partial charge in [0, 0.05) is 22.8 Å². The van der Waals surface area contributed by atoms with E-state index in [0.717, 1.165) is 35.9 Å². The lowest BCUT2D eigenvalue weighted by atomic mass is 10.2. The Hall–Kier alpha value is -1.64. The predicted octanol–water partition coefficient (Wildman–Crippen LogP) is 2.33. The van der Waals surface area contributed by atoms with Gasteiger partial charge in [-0.1, -0.05) is 13.3 Å². The number of nitrogens with one attached hydrogen (secondary N) is 1. The lowest BCUT2D eigenvalue weighted by Crippen LogP contribution is -1.88. The number of aromatic amines is 1. The molecule has 0 aliphatic carbocycles. The summed E-state index contributed by atoms with van der Waals surface area (Å²) in [5, 5.41) is 0.903. The zero-order valence-electron chi connectivity index (χ0n) is 8.08. The molecule has 0 saturated carbocycles. The van der Waals surface area contributed by atoms with Gasteiger partial charge in [0.05, 0.1) is 0 Å². The molecule has 3 nitrogen and oxygen atoms in total. The number of rotatable bonds is 3. The lowest BCUT2D eigenvalue weighted by Gasteiger charge is -1.97. The molecule has 1 N–H and O–H groups in total. The lowest BCUT2D eigenvalue weighted by molar-refractivity contribution is 0.112. The van der Waals surface area contributed by atoms with E-state index in [2.05, 4.69) is 16.9 Å². The Labute approximate surface area is 82.2 Å². The van der Waals surface area contributed by atoms with Gasteiger partial charge in [-0.15, -0.1) is 0 Å². The highest BCUT2D eigenvalue weighted by Crippen LogP contribution is 2.15. The van der Waals surface area contributed by atoms with E-state index in [1.807, 2.05) is 12.1 Å². The summed E-state index contributed by atoms with van der Waals surface area (Å²) in [4.78, 5) is 18.1. The van der Waals surface area contributed by atoms with Gasteiger partial charge in [-0.25, -0.2) is 4.98 Å². The van der Waals surface area contributed by atoms with Gasteiger partial charge in [-0.05, 0) is 18.6 Å². The Kier molecular flexibility index (Phi) is 2.31. The number of pyridine rings is 1. The van der Waals surface area contributed by atoms with Crippen molar-refractivity contribution < 1.29 is 4.79 Å². The van der Waals surface area contributed by atoms with E-state index in [4.69, 9.17) is 0 Å². The van der Waals surface area contributed by atoms with Crippen LogP contribution in [0.5, 0.6) is 0 Å². The van der Waals surface area contributed by atoms with Crippen molar-refractivity contribution in [2.75, 3.05) is 0 Å². The minimum atomic E-state index is 0.676. The Bertz CT molecular complexity index is 459. The van der Waals surface area contributed by atoms with Gasteiger partial charge in [-0.2, -0.15) is 0 Å². The van der Waals surface area contributed by atoms with E-state index in [1.165, 1.54) is 0 Å². The number of H-pyrrole nitrogens is 1. The van der Waals surface area contributed by atoms with E-state index in [9.17, 15) is 4.79 Å². The van der Waals surface area contributed by atoms with Gasteiger partial charge in [0.1, 0.15) is 5.65 Å². The summed E-state index contributed by atoms with van der Waals surface area (Å²) in [6.07, 6.45) is 4.60. The molecule has 0 aromatic carbocycles. The number of aryl methyl sites for hydroxylation is 1. The standard InChI is InChI=1S/C11H12N2O/c1-2-3-9-4-5-10-8(7-14)6-12-11(10)13-9/h4-7H,2-3H2,1H3,(H,12,13). The van der Waals surface area contributed by atoms with Gasteiger partial charge in [0.2, 0.25) is 0 Å². The van der Waals surface area contributed by atoms with Crippen LogP contribution in [0, 0.1) is 0 Å². The molecule has 2 aromatic heterocycles. The van der Waals surface area contributed by atoms with Gasteiger partial charge in [0.25, 0.3) is 0 Å². The van der Waals surface area contributed by atoms with E-state index in [0.29, 0.717) is 5.56 Å². The number of carbonyl (C=O) groups is 1. The van der Waals surface area contributed by atoms with Crippen LogP contribution in [-0.4, -0.2) is 16.3 Å². The molecule has 0 unspecified atom stereocenters. The third-order valence-corrected chi connectivity index (χ3v) is 2.26. The highest BCUT2D eigenvalue weighted by atomic mass is 16.1. The van der Waals surface area contributed by atoms with Gasteiger partial charge in [-0.3, -0.25) is 4.79 Å². The van der Waals surface area contributed by atoms with Crippen LogP contribution in [0.3, 0.4) is 0 Å². The van der Waals surface area contributed by atoms with Crippen molar-refractivity contribution >= 4 is 17.3 Å². The van der Waals surface area contributed by atoms with Crippen LogP contribution in [0.2, 0.25) is 0 Å². The second-order valence-corrected chi connectivity index (χ2v) is 3.31. The van der Waals surface area contributed by atoms with E-state index < -0.39 is 0 Å². The molecule has 0 saturated heterocycles. The summed E-state index contributed by atoms with van der Waals surface area (Å²) >= 11 is 0. The van der Waals surface area contributed by atoms with E-state index in [-0.39, 0.29) is 0 Å². The summed E-state index contributed by atoms with van der Waals surface area (Å²) in [5.41, 5.74) is 2.55. The molecule has 72 valence electrons. The Morgan fingerprint density at radius 1 is 1.50 bits per heavy atom. The SMILES string of the molecule is CCCc1ccc2c(C=O)c[nH]c2n1. The number of fused-ring (bicyclic) bond motifs is 1. The van der Waals surface area contributed by atoms with Crippen LogP contribution >= 0.6 is 0 Å². The van der Waals surface area contributed by atoms with Crippen LogP contribution in [-0.2, 0) is 6.42 Å². The van der Waals surface area contributed by atoms with Gasteiger partial charge in [0.15, 0.2) is 6.29 Å². The smallest absolute Gasteiger partial charge is 0.152 e. The van der Waals surface area contributed by atoms with Crippen molar-refractivity contribution in [2.24, 2.45) is 0 Å². The summed E-state index contributed by atoms with van der Waals surface area (Å²) in [5.74, 6) is 0. The topological polar surface area (TPSA) is 45.8 Å². The molecule has 0 bridgehead atoms. The van der Waals surface area contributed by atoms with E-state index >= 15 is 0 Å². The third kappa shape index (κ3) is 1.41. The van der Waals surface area contributed by atoms with Crippen molar-refractivity contribution in [2.45, 2.75) is 19.8 Å². The molecule has 0 atom stereocenters. The molecule has 2 rings (SSSR count). The maximum absolute atomic E-state index is 10.6. The molecule has 0 fully saturated rings. The fourth-order valence-electron chi connectivity index (χ4n) is 1.56. The average Bonchev–Trinajstić information content (AvgIpc) is 2.60. The number of carbonyl (C=O) groups excluding carboxylic acids is 1. The average molecular weight is 188 g/mol. The third-order valence-electron chi connectivity index (χ3n) is 2.26. The van der Waals surface area contributed by atoms with Crippen LogP contribution in [0.4, 0.5) is 0 Å². The minimum absolute atomic E-state index is 0.676. The van der Waals surface area contributed by atoms with Crippen molar-refractivity contribution in [1.82, 2.24) is 9.97 Å². The molecule has 0 aliphatic heterocycles. The first-order valence-electron chi connectivity index (χ1n) is 4.77. The largest absolute Gasteiger partial charge is 0.345 e. The predicted molar refractivity (Wildman–Crippen MR) is 55.5 cm³/mol. The molecule has 2 heterocycles. The molecule has 0 amide bonds. The van der Waals surface area contributed by atoms with Crippen molar-refractivity contribution in [3.8, 4) is 0 Å². The van der Waals surface area contributed by atoms with Crippen LogP contribution < -0.4 is 0 Å². The summed E-state index contributed by atoms with van der Waals surface area (Å²) in [7, 11) is 0. The first kappa shape index (κ1) is 8.94. The van der Waals surface area contributed by atoms with Crippen molar-refractivity contribution in [3.05, 3.63) is 29.6 Å². The number of aldehydes is 1. The zero-order chi connectivity index (χ0) is 9.97. The first-order valence-corrected chi connectivity index (χ1v) is 4.77. The van der Waals surface area contributed by atoms with Gasteiger partial charge < -0.3 is 4.98 Å². The maximum atomic E-state index is 10.6. The molecule has 2 aromatic rings. The Balaban J connectivity index is 2.51. The highest BCUT2D eigenvalue weighted by Gasteiger charge is 2.03. The second-order valence-electron chi connectivity index (χ2n) is 3.31. The molecule has 0 spiro atoms. The molecular formula is C11H12N2O. The summed E-state index contributed by atoms with van der Waals surface area (Å²) in [6.45, 7) is 2.12.